The molecule has 2 heterocycles. The van der Waals surface area contributed by atoms with Crippen molar-refractivity contribution < 1.29 is 13.9 Å². The molecule has 0 aliphatic heterocycles. The van der Waals surface area contributed by atoms with Crippen LogP contribution in [0.5, 0.6) is 5.75 Å². The minimum Gasteiger partial charge on any atom is -0.485 e. The summed E-state index contributed by atoms with van der Waals surface area (Å²) in [5.74, 6) is 1.33. The quantitative estimate of drug-likeness (QED) is 0.371. The van der Waals surface area contributed by atoms with Crippen LogP contribution in [0, 0.1) is 6.92 Å². The fourth-order valence-electron chi connectivity index (χ4n) is 3.23. The third kappa shape index (κ3) is 5.40. The van der Waals surface area contributed by atoms with Crippen molar-refractivity contribution in [2.45, 2.75) is 19.4 Å². The number of carbonyl (C=O) groups is 1. The first kappa shape index (κ1) is 21.7. The topological polar surface area (TPSA) is 89.3 Å². The Balaban J connectivity index is 1.47. The summed E-state index contributed by atoms with van der Waals surface area (Å²) in [7, 11) is 1.92. The monoisotopic (exact) mass is 448 g/mol. The minimum absolute atomic E-state index is 0.0738. The molecule has 0 fully saturated rings. The normalized spacial score (nSPS) is 11.8. The van der Waals surface area contributed by atoms with Gasteiger partial charge < -0.3 is 19.8 Å². The van der Waals surface area contributed by atoms with Crippen molar-refractivity contribution in [2.75, 3.05) is 18.9 Å². The first-order chi connectivity index (χ1) is 15.6. The van der Waals surface area contributed by atoms with Gasteiger partial charge in [0.05, 0.1) is 0 Å². The van der Waals surface area contributed by atoms with Gasteiger partial charge in [0.25, 0.3) is 5.91 Å². The number of nitrogens with one attached hydrogen (secondary N) is 2. The van der Waals surface area contributed by atoms with Crippen LogP contribution >= 0.6 is 11.3 Å². The molecule has 4 rings (SSSR count). The lowest BCUT2D eigenvalue weighted by Gasteiger charge is -2.18. The van der Waals surface area contributed by atoms with Crippen molar-refractivity contribution in [1.29, 1.82) is 0 Å². The van der Waals surface area contributed by atoms with Gasteiger partial charge in [-0.25, -0.2) is 0 Å². The summed E-state index contributed by atoms with van der Waals surface area (Å²) in [4.78, 5) is 14.0. The molecule has 2 aromatic heterocycles. The lowest BCUT2D eigenvalue weighted by Crippen LogP contribution is -2.16. The van der Waals surface area contributed by atoms with E-state index in [0.29, 0.717) is 28.8 Å². The number of hydrogen-bond donors (Lipinski definition) is 2. The molecule has 1 atom stereocenters. The Morgan fingerprint density at radius 3 is 2.75 bits per heavy atom. The van der Waals surface area contributed by atoms with Gasteiger partial charge in [0, 0.05) is 35.0 Å². The SMILES string of the molecule is CNCCC(Oc1cccc(C(=O)Nc2cccc(-c3nnc(C)o3)c2)c1)c1cccs1. The summed E-state index contributed by atoms with van der Waals surface area (Å²) in [6.45, 7) is 2.57. The second-order valence-corrected chi connectivity index (χ2v) is 8.18. The van der Waals surface area contributed by atoms with Crippen molar-refractivity contribution >= 4 is 22.9 Å². The van der Waals surface area contributed by atoms with Crippen LogP contribution in [-0.4, -0.2) is 29.7 Å². The van der Waals surface area contributed by atoms with E-state index in [2.05, 4.69) is 26.9 Å². The number of anilines is 1. The predicted molar refractivity (Wildman–Crippen MR) is 125 cm³/mol. The minimum atomic E-state index is -0.225. The molecule has 0 bridgehead atoms. The maximum absolute atomic E-state index is 12.9. The second-order valence-electron chi connectivity index (χ2n) is 7.20. The second kappa shape index (κ2) is 10.2. The molecule has 8 heteroatoms. The zero-order valence-electron chi connectivity index (χ0n) is 17.9. The Hall–Kier alpha value is -3.49. The van der Waals surface area contributed by atoms with E-state index < -0.39 is 0 Å². The van der Waals surface area contributed by atoms with Crippen LogP contribution < -0.4 is 15.4 Å². The predicted octanol–water partition coefficient (Wildman–Crippen LogP) is 5.09. The van der Waals surface area contributed by atoms with Crippen LogP contribution in [0.25, 0.3) is 11.5 Å². The van der Waals surface area contributed by atoms with Crippen LogP contribution in [-0.2, 0) is 0 Å². The average molecular weight is 449 g/mol. The fraction of sp³-hybridized carbons (Fsp3) is 0.208. The third-order valence-corrected chi connectivity index (χ3v) is 5.75. The summed E-state index contributed by atoms with van der Waals surface area (Å²) in [6.07, 6.45) is 0.755. The molecule has 0 saturated heterocycles. The standard InChI is InChI=1S/C24H24N4O3S/c1-16-27-28-24(30-16)18-7-3-8-19(14-18)26-23(29)17-6-4-9-20(15-17)31-21(11-12-25-2)22-10-5-13-32-22/h3-10,13-15,21,25H,11-12H2,1-2H3,(H,26,29). The Bertz CT molecular complexity index is 1170. The van der Waals surface area contributed by atoms with E-state index in [1.54, 1.807) is 36.5 Å². The molecule has 0 radical (unpaired) electrons. The number of rotatable bonds is 9. The maximum Gasteiger partial charge on any atom is 0.255 e. The molecule has 0 saturated carbocycles. The van der Waals surface area contributed by atoms with E-state index in [-0.39, 0.29) is 12.0 Å². The van der Waals surface area contributed by atoms with Crippen LogP contribution in [0.4, 0.5) is 5.69 Å². The smallest absolute Gasteiger partial charge is 0.255 e. The van der Waals surface area contributed by atoms with E-state index >= 15 is 0 Å². The number of aromatic nitrogens is 2. The number of ether oxygens (including phenoxy) is 1. The number of benzene rings is 2. The Labute approximate surface area is 190 Å². The van der Waals surface area contributed by atoms with Crippen LogP contribution in [0.3, 0.4) is 0 Å². The number of thiophene rings is 1. The molecule has 7 nitrogen and oxygen atoms in total. The molecule has 2 aromatic carbocycles. The molecule has 0 spiro atoms. The van der Waals surface area contributed by atoms with Crippen molar-refractivity contribution in [2.24, 2.45) is 0 Å². The number of amides is 1. The summed E-state index contributed by atoms with van der Waals surface area (Å²) in [5, 5.41) is 16.0. The number of carbonyl (C=O) groups excluding carboxylic acids is 1. The molecule has 0 aliphatic rings. The first-order valence-electron chi connectivity index (χ1n) is 10.3. The molecule has 2 N–H and O–H groups in total. The lowest BCUT2D eigenvalue weighted by molar-refractivity contribution is 0.102. The van der Waals surface area contributed by atoms with Crippen molar-refractivity contribution in [3.63, 3.8) is 0 Å². The average Bonchev–Trinajstić information content (AvgIpc) is 3.49. The number of hydrogen-bond acceptors (Lipinski definition) is 7. The van der Waals surface area contributed by atoms with Gasteiger partial charge in [-0.15, -0.1) is 21.5 Å². The Kier molecular flexibility index (Phi) is 6.94. The van der Waals surface area contributed by atoms with Gasteiger partial charge in [-0.1, -0.05) is 18.2 Å². The van der Waals surface area contributed by atoms with Gasteiger partial charge >= 0.3 is 0 Å². The van der Waals surface area contributed by atoms with Crippen molar-refractivity contribution in [3.8, 4) is 17.2 Å². The highest BCUT2D eigenvalue weighted by Crippen LogP contribution is 2.29. The van der Waals surface area contributed by atoms with E-state index in [9.17, 15) is 4.79 Å². The summed E-state index contributed by atoms with van der Waals surface area (Å²) in [5.41, 5.74) is 1.89. The van der Waals surface area contributed by atoms with Crippen LogP contribution in [0.1, 0.15) is 33.7 Å². The van der Waals surface area contributed by atoms with Gasteiger partial charge in [-0.05, 0) is 61.4 Å². The number of nitrogens with zero attached hydrogens (tertiary/aromatic N) is 2. The molecule has 1 unspecified atom stereocenters. The molecular formula is C24H24N4O3S. The molecule has 0 aliphatic carbocycles. The van der Waals surface area contributed by atoms with Crippen LogP contribution in [0.2, 0.25) is 0 Å². The molecule has 32 heavy (non-hydrogen) atoms. The zero-order valence-corrected chi connectivity index (χ0v) is 18.7. The maximum atomic E-state index is 12.9. The molecule has 4 aromatic rings. The van der Waals surface area contributed by atoms with E-state index in [4.69, 9.17) is 9.15 Å². The molecule has 1 amide bonds. The highest BCUT2D eigenvalue weighted by molar-refractivity contribution is 7.10. The number of aryl methyl sites for hydroxylation is 1. The zero-order chi connectivity index (χ0) is 22.3. The van der Waals surface area contributed by atoms with Gasteiger partial charge in [-0.3, -0.25) is 4.79 Å². The highest BCUT2D eigenvalue weighted by Gasteiger charge is 2.16. The first-order valence-corrected chi connectivity index (χ1v) is 11.2. The molecular weight excluding hydrogens is 424 g/mol. The van der Waals surface area contributed by atoms with Gasteiger partial charge in [-0.2, -0.15) is 0 Å². The fourth-order valence-corrected chi connectivity index (χ4v) is 4.02. The highest BCUT2D eigenvalue weighted by atomic mass is 32.1. The van der Waals surface area contributed by atoms with Crippen molar-refractivity contribution in [1.82, 2.24) is 15.5 Å². The van der Waals surface area contributed by atoms with Gasteiger partial charge in [0.1, 0.15) is 11.9 Å². The van der Waals surface area contributed by atoms with E-state index in [1.165, 1.54) is 0 Å². The van der Waals surface area contributed by atoms with Crippen LogP contribution in [0.15, 0.2) is 70.5 Å². The van der Waals surface area contributed by atoms with E-state index in [0.717, 1.165) is 23.4 Å². The third-order valence-electron chi connectivity index (χ3n) is 4.79. The van der Waals surface area contributed by atoms with Gasteiger partial charge in [0.2, 0.25) is 11.8 Å². The Morgan fingerprint density at radius 1 is 1.12 bits per heavy atom. The summed E-state index contributed by atoms with van der Waals surface area (Å²) < 4.78 is 11.7. The Morgan fingerprint density at radius 2 is 2.00 bits per heavy atom. The largest absolute Gasteiger partial charge is 0.485 e. The van der Waals surface area contributed by atoms with Crippen molar-refractivity contribution in [3.05, 3.63) is 82.4 Å². The lowest BCUT2D eigenvalue weighted by atomic mass is 10.1. The van der Waals surface area contributed by atoms with E-state index in [1.807, 2.05) is 48.8 Å². The summed E-state index contributed by atoms with van der Waals surface area (Å²) >= 11 is 1.66. The summed E-state index contributed by atoms with van der Waals surface area (Å²) in [6, 6.07) is 18.6. The van der Waals surface area contributed by atoms with Gasteiger partial charge in [0.15, 0.2) is 0 Å². The molecule has 164 valence electrons.